The van der Waals surface area contributed by atoms with Crippen LogP contribution in [0.5, 0.6) is 0 Å². The molecule has 0 bridgehead atoms. The summed E-state index contributed by atoms with van der Waals surface area (Å²) in [5.74, 6) is 1.68. The maximum absolute atomic E-state index is 10.8. The standard InChI is InChI=1S/C18H34N2O2/c1-19(18(21)22)15-11-17-9-7-16(8-10-17)6-5-14-20-12-3-2-4-13-20/h16-17H,2-15H2,1H3,(H,21,22). The Morgan fingerprint density at radius 1 is 1.05 bits per heavy atom. The summed E-state index contributed by atoms with van der Waals surface area (Å²) in [6.07, 6.45) is 12.6. The van der Waals surface area contributed by atoms with Crippen molar-refractivity contribution < 1.29 is 9.90 Å². The first kappa shape index (κ1) is 17.6. The fourth-order valence-corrected chi connectivity index (χ4v) is 4.07. The zero-order valence-electron chi connectivity index (χ0n) is 14.3. The van der Waals surface area contributed by atoms with Gasteiger partial charge < -0.3 is 14.9 Å². The lowest BCUT2D eigenvalue weighted by Gasteiger charge is -2.31. The summed E-state index contributed by atoms with van der Waals surface area (Å²) in [4.78, 5) is 14.9. The average molecular weight is 310 g/mol. The van der Waals surface area contributed by atoms with Gasteiger partial charge in [-0.15, -0.1) is 0 Å². The van der Waals surface area contributed by atoms with E-state index in [4.69, 9.17) is 5.11 Å². The molecule has 1 N–H and O–H groups in total. The minimum absolute atomic E-state index is 0.694. The van der Waals surface area contributed by atoms with Crippen LogP contribution in [-0.2, 0) is 0 Å². The molecule has 0 unspecified atom stereocenters. The molecule has 1 aliphatic carbocycles. The van der Waals surface area contributed by atoms with Crippen molar-refractivity contribution >= 4 is 6.09 Å². The summed E-state index contributed by atoms with van der Waals surface area (Å²) in [5, 5.41) is 8.88. The van der Waals surface area contributed by atoms with Gasteiger partial charge in [0.1, 0.15) is 0 Å². The number of carbonyl (C=O) groups is 1. The van der Waals surface area contributed by atoms with E-state index in [9.17, 15) is 4.79 Å². The molecule has 2 fully saturated rings. The van der Waals surface area contributed by atoms with Crippen molar-refractivity contribution in [3.05, 3.63) is 0 Å². The first-order chi connectivity index (χ1) is 10.6. The Labute approximate surface area is 135 Å². The van der Waals surface area contributed by atoms with Gasteiger partial charge in [0.05, 0.1) is 0 Å². The third kappa shape index (κ3) is 6.15. The predicted molar refractivity (Wildman–Crippen MR) is 90.2 cm³/mol. The smallest absolute Gasteiger partial charge is 0.407 e. The number of likely N-dealkylation sites (tertiary alicyclic amines) is 1. The Hall–Kier alpha value is -0.770. The molecule has 0 aromatic carbocycles. The second-order valence-electron chi connectivity index (χ2n) is 7.42. The van der Waals surface area contributed by atoms with E-state index in [1.807, 2.05) is 0 Å². The second kappa shape index (κ2) is 9.39. The van der Waals surface area contributed by atoms with Crippen LogP contribution < -0.4 is 0 Å². The quantitative estimate of drug-likeness (QED) is 0.771. The minimum atomic E-state index is -0.800. The topological polar surface area (TPSA) is 43.8 Å². The van der Waals surface area contributed by atoms with E-state index in [0.717, 1.165) is 18.3 Å². The molecule has 1 heterocycles. The predicted octanol–water partition coefficient (Wildman–Crippen LogP) is 4.06. The maximum atomic E-state index is 10.8. The van der Waals surface area contributed by atoms with E-state index in [-0.39, 0.29) is 0 Å². The van der Waals surface area contributed by atoms with E-state index in [1.54, 1.807) is 7.05 Å². The first-order valence-corrected chi connectivity index (χ1v) is 9.31. The number of hydrogen-bond donors (Lipinski definition) is 1. The summed E-state index contributed by atoms with van der Waals surface area (Å²) in [7, 11) is 1.68. The molecule has 2 rings (SSSR count). The van der Waals surface area contributed by atoms with Gasteiger partial charge in [-0.1, -0.05) is 32.1 Å². The van der Waals surface area contributed by atoms with Gasteiger partial charge in [-0.25, -0.2) is 4.79 Å². The van der Waals surface area contributed by atoms with E-state index < -0.39 is 6.09 Å². The number of carboxylic acid groups (broad SMARTS) is 1. The first-order valence-electron chi connectivity index (χ1n) is 9.31. The number of nitrogens with zero attached hydrogens (tertiary/aromatic N) is 2. The Morgan fingerprint density at radius 3 is 2.23 bits per heavy atom. The zero-order chi connectivity index (χ0) is 15.8. The van der Waals surface area contributed by atoms with Crippen LogP contribution in [0.1, 0.15) is 64.2 Å². The normalized spacial score (nSPS) is 26.8. The lowest BCUT2D eigenvalue weighted by molar-refractivity contribution is 0.149. The lowest BCUT2D eigenvalue weighted by atomic mass is 9.78. The van der Waals surface area contributed by atoms with Crippen molar-refractivity contribution in [2.75, 3.05) is 33.2 Å². The molecular formula is C18H34N2O2. The van der Waals surface area contributed by atoms with Crippen LogP contribution in [0.25, 0.3) is 0 Å². The van der Waals surface area contributed by atoms with Gasteiger partial charge in [0, 0.05) is 13.6 Å². The molecule has 1 saturated heterocycles. The molecule has 22 heavy (non-hydrogen) atoms. The van der Waals surface area contributed by atoms with Gasteiger partial charge in [0.15, 0.2) is 0 Å². The van der Waals surface area contributed by atoms with Crippen molar-refractivity contribution in [3.8, 4) is 0 Å². The molecule has 1 amide bonds. The third-order valence-corrected chi connectivity index (χ3v) is 5.70. The molecule has 0 aromatic heterocycles. The molecule has 1 aliphatic heterocycles. The molecular weight excluding hydrogens is 276 g/mol. The van der Waals surface area contributed by atoms with Crippen LogP contribution >= 0.6 is 0 Å². The molecule has 1 saturated carbocycles. The van der Waals surface area contributed by atoms with Gasteiger partial charge in [-0.3, -0.25) is 0 Å². The largest absolute Gasteiger partial charge is 0.465 e. The van der Waals surface area contributed by atoms with Crippen LogP contribution in [0.4, 0.5) is 4.79 Å². The van der Waals surface area contributed by atoms with Gasteiger partial charge >= 0.3 is 6.09 Å². The highest BCUT2D eigenvalue weighted by molar-refractivity contribution is 5.64. The minimum Gasteiger partial charge on any atom is -0.465 e. The van der Waals surface area contributed by atoms with Gasteiger partial charge in [0.25, 0.3) is 0 Å². The molecule has 0 radical (unpaired) electrons. The van der Waals surface area contributed by atoms with E-state index in [1.165, 1.54) is 82.3 Å². The van der Waals surface area contributed by atoms with Crippen molar-refractivity contribution in [1.82, 2.24) is 9.80 Å². The third-order valence-electron chi connectivity index (χ3n) is 5.70. The lowest BCUT2D eigenvalue weighted by Crippen LogP contribution is -2.31. The van der Waals surface area contributed by atoms with E-state index in [2.05, 4.69) is 4.90 Å². The monoisotopic (exact) mass is 310 g/mol. The highest BCUT2D eigenvalue weighted by Gasteiger charge is 2.22. The second-order valence-corrected chi connectivity index (χ2v) is 7.42. The van der Waals surface area contributed by atoms with Crippen molar-refractivity contribution in [2.24, 2.45) is 11.8 Å². The summed E-state index contributed by atoms with van der Waals surface area (Å²) >= 11 is 0. The molecule has 0 aromatic rings. The number of rotatable bonds is 7. The van der Waals surface area contributed by atoms with Crippen LogP contribution in [0.3, 0.4) is 0 Å². The number of piperidine rings is 1. The summed E-state index contributed by atoms with van der Waals surface area (Å²) in [5.41, 5.74) is 0. The maximum Gasteiger partial charge on any atom is 0.407 e. The van der Waals surface area contributed by atoms with Crippen molar-refractivity contribution in [2.45, 2.75) is 64.2 Å². The summed E-state index contributed by atoms with van der Waals surface area (Å²) in [6, 6.07) is 0. The van der Waals surface area contributed by atoms with Gasteiger partial charge in [0.2, 0.25) is 0 Å². The van der Waals surface area contributed by atoms with Crippen LogP contribution in [0.2, 0.25) is 0 Å². The molecule has 128 valence electrons. The fourth-order valence-electron chi connectivity index (χ4n) is 4.07. The van der Waals surface area contributed by atoms with Gasteiger partial charge in [-0.2, -0.15) is 0 Å². The summed E-state index contributed by atoms with van der Waals surface area (Å²) < 4.78 is 0. The van der Waals surface area contributed by atoms with Crippen LogP contribution in [0, 0.1) is 11.8 Å². The van der Waals surface area contributed by atoms with Crippen molar-refractivity contribution in [3.63, 3.8) is 0 Å². The van der Waals surface area contributed by atoms with Gasteiger partial charge in [-0.05, 0) is 63.6 Å². The molecule has 0 spiro atoms. The highest BCUT2D eigenvalue weighted by Crippen LogP contribution is 2.33. The van der Waals surface area contributed by atoms with Crippen molar-refractivity contribution in [1.29, 1.82) is 0 Å². The Kier molecular flexibility index (Phi) is 7.50. The Balaban J connectivity index is 1.52. The molecule has 2 aliphatic rings. The summed E-state index contributed by atoms with van der Waals surface area (Å²) in [6.45, 7) is 4.65. The molecule has 0 atom stereocenters. The SMILES string of the molecule is CN(CCC1CCC(CCCN2CCCCC2)CC1)C(=O)O. The van der Waals surface area contributed by atoms with Crippen LogP contribution in [0.15, 0.2) is 0 Å². The number of amides is 1. The fraction of sp³-hybridized carbons (Fsp3) is 0.944. The highest BCUT2D eigenvalue weighted by atomic mass is 16.4. The van der Waals surface area contributed by atoms with Crippen LogP contribution in [-0.4, -0.2) is 54.2 Å². The number of hydrogen-bond acceptors (Lipinski definition) is 2. The zero-order valence-corrected chi connectivity index (χ0v) is 14.3. The Bertz CT molecular complexity index is 321. The molecule has 4 heteroatoms. The Morgan fingerprint density at radius 2 is 1.64 bits per heavy atom. The van der Waals surface area contributed by atoms with E-state index >= 15 is 0 Å². The average Bonchev–Trinajstić information content (AvgIpc) is 2.54. The molecule has 4 nitrogen and oxygen atoms in total. The van der Waals surface area contributed by atoms with E-state index in [0.29, 0.717) is 6.54 Å².